The maximum absolute atomic E-state index is 12.4. The van der Waals surface area contributed by atoms with Crippen LogP contribution in [0.5, 0.6) is 11.5 Å². The van der Waals surface area contributed by atoms with Gasteiger partial charge >= 0.3 is 0 Å². The summed E-state index contributed by atoms with van der Waals surface area (Å²) in [7, 11) is 0. The molecule has 0 spiro atoms. The average Bonchev–Trinajstić information content (AvgIpc) is 3.26. The van der Waals surface area contributed by atoms with E-state index in [4.69, 9.17) is 9.47 Å². The molecule has 1 aromatic heterocycles. The van der Waals surface area contributed by atoms with Crippen LogP contribution in [0.1, 0.15) is 5.69 Å². The zero-order chi connectivity index (χ0) is 18.8. The van der Waals surface area contributed by atoms with E-state index in [-0.39, 0.29) is 11.4 Å². The number of hydrogen-bond acceptors (Lipinski definition) is 6. The van der Waals surface area contributed by atoms with Gasteiger partial charge in [0.15, 0.2) is 11.5 Å². The van der Waals surface area contributed by atoms with Gasteiger partial charge in [-0.2, -0.15) is 0 Å². The lowest BCUT2D eigenvalue weighted by atomic mass is 10.2. The summed E-state index contributed by atoms with van der Waals surface area (Å²) in [6, 6.07) is 8.58. The molecule has 1 fully saturated rings. The third-order valence-electron chi connectivity index (χ3n) is 3.91. The molecule has 0 aliphatic carbocycles. The number of aromatic amines is 1. The van der Waals surface area contributed by atoms with Crippen LogP contribution in [0.3, 0.4) is 0 Å². The zero-order valence-corrected chi connectivity index (χ0v) is 14.9. The van der Waals surface area contributed by atoms with Gasteiger partial charge < -0.3 is 19.8 Å². The first-order valence-electron chi connectivity index (χ1n) is 8.18. The lowest BCUT2D eigenvalue weighted by Crippen LogP contribution is -2.36. The highest BCUT2D eigenvalue weighted by molar-refractivity contribution is 8.18. The maximum atomic E-state index is 12.4. The van der Waals surface area contributed by atoms with Gasteiger partial charge in [-0.1, -0.05) is 0 Å². The second kappa shape index (κ2) is 7.20. The Hall–Kier alpha value is -3.20. The summed E-state index contributed by atoms with van der Waals surface area (Å²) >= 11 is 0.809. The van der Waals surface area contributed by atoms with E-state index < -0.39 is 17.1 Å². The number of ether oxygens (including phenoxy) is 2. The predicted molar refractivity (Wildman–Crippen MR) is 99.5 cm³/mol. The molecule has 138 valence electrons. The number of benzene rings is 1. The van der Waals surface area contributed by atoms with Gasteiger partial charge in [-0.25, -0.2) is 0 Å². The van der Waals surface area contributed by atoms with Crippen LogP contribution in [-0.2, 0) is 9.59 Å². The van der Waals surface area contributed by atoms with Gasteiger partial charge in [0.25, 0.3) is 11.1 Å². The number of carbonyl (C=O) groups is 3. The van der Waals surface area contributed by atoms with E-state index in [1.807, 2.05) is 0 Å². The Morgan fingerprint density at radius 3 is 2.81 bits per heavy atom. The maximum Gasteiger partial charge on any atom is 0.294 e. The predicted octanol–water partition coefficient (Wildman–Crippen LogP) is 2.46. The Bertz CT molecular complexity index is 938. The van der Waals surface area contributed by atoms with Crippen LogP contribution in [0.15, 0.2) is 41.4 Å². The number of fused-ring (bicyclic) bond motifs is 1. The molecule has 27 heavy (non-hydrogen) atoms. The number of nitrogens with one attached hydrogen (secondary N) is 2. The van der Waals surface area contributed by atoms with Crippen molar-refractivity contribution in [2.75, 3.05) is 25.1 Å². The number of hydrogen-bond donors (Lipinski definition) is 2. The van der Waals surface area contributed by atoms with Crippen LogP contribution in [0, 0.1) is 0 Å². The van der Waals surface area contributed by atoms with Gasteiger partial charge in [0, 0.05) is 23.6 Å². The van der Waals surface area contributed by atoms with Gasteiger partial charge in [-0.15, -0.1) is 0 Å². The van der Waals surface area contributed by atoms with E-state index in [1.54, 1.807) is 42.6 Å². The lowest BCUT2D eigenvalue weighted by Gasteiger charge is -2.19. The molecule has 0 bridgehead atoms. The molecule has 3 heterocycles. The Kier molecular flexibility index (Phi) is 4.59. The molecule has 1 aromatic carbocycles. The molecule has 8 nitrogen and oxygen atoms in total. The fraction of sp³-hybridized carbons (Fsp3) is 0.167. The molecule has 0 saturated carbocycles. The number of aromatic nitrogens is 1. The van der Waals surface area contributed by atoms with Crippen molar-refractivity contribution in [1.82, 2.24) is 9.88 Å². The first-order chi connectivity index (χ1) is 13.1. The summed E-state index contributed by atoms with van der Waals surface area (Å²) in [6.45, 7) is 0.559. The van der Waals surface area contributed by atoms with Crippen molar-refractivity contribution in [1.29, 1.82) is 0 Å². The molecule has 1 saturated heterocycles. The molecule has 0 atom stereocenters. The smallest absolute Gasteiger partial charge is 0.294 e. The van der Waals surface area contributed by atoms with Crippen molar-refractivity contribution in [3.63, 3.8) is 0 Å². The molecule has 2 aromatic rings. The third kappa shape index (κ3) is 3.68. The van der Waals surface area contributed by atoms with Gasteiger partial charge in [0.05, 0.1) is 4.91 Å². The fourth-order valence-corrected chi connectivity index (χ4v) is 3.51. The summed E-state index contributed by atoms with van der Waals surface area (Å²) in [6.07, 6.45) is 3.31. The molecule has 2 N–H and O–H groups in total. The van der Waals surface area contributed by atoms with Crippen molar-refractivity contribution >= 4 is 40.6 Å². The first kappa shape index (κ1) is 17.2. The second-order valence-corrected chi connectivity index (χ2v) is 6.79. The highest BCUT2D eigenvalue weighted by Gasteiger charge is 2.36. The van der Waals surface area contributed by atoms with Crippen LogP contribution in [-0.4, -0.2) is 46.7 Å². The summed E-state index contributed by atoms with van der Waals surface area (Å²) in [5, 5.41) is 2.19. The number of amides is 3. The monoisotopic (exact) mass is 385 g/mol. The molecule has 0 unspecified atom stereocenters. The van der Waals surface area contributed by atoms with Gasteiger partial charge in [0.1, 0.15) is 19.8 Å². The lowest BCUT2D eigenvalue weighted by molar-refractivity contribution is -0.127. The number of rotatable bonds is 4. The van der Waals surface area contributed by atoms with Crippen LogP contribution >= 0.6 is 11.8 Å². The van der Waals surface area contributed by atoms with E-state index >= 15 is 0 Å². The second-order valence-electron chi connectivity index (χ2n) is 5.80. The first-order valence-corrected chi connectivity index (χ1v) is 9.00. The Labute approximate surface area is 158 Å². The van der Waals surface area contributed by atoms with Crippen LogP contribution in [0.2, 0.25) is 0 Å². The topological polar surface area (TPSA) is 101 Å². The van der Waals surface area contributed by atoms with Gasteiger partial charge in [-0.05, 0) is 42.1 Å². The van der Waals surface area contributed by atoms with Crippen molar-refractivity contribution < 1.29 is 23.9 Å². The molecule has 2 aliphatic heterocycles. The number of nitrogens with zero attached hydrogens (tertiary/aromatic N) is 1. The number of imide groups is 1. The average molecular weight is 385 g/mol. The zero-order valence-electron chi connectivity index (χ0n) is 14.1. The summed E-state index contributed by atoms with van der Waals surface area (Å²) < 4.78 is 10.9. The van der Waals surface area contributed by atoms with Crippen LogP contribution < -0.4 is 14.8 Å². The fourth-order valence-electron chi connectivity index (χ4n) is 2.68. The van der Waals surface area contributed by atoms with E-state index in [0.29, 0.717) is 36.1 Å². The highest BCUT2D eigenvalue weighted by Crippen LogP contribution is 2.33. The third-order valence-corrected chi connectivity index (χ3v) is 4.82. The normalized spacial score (nSPS) is 17.5. The van der Waals surface area contributed by atoms with E-state index in [2.05, 4.69) is 10.3 Å². The minimum atomic E-state index is -0.489. The number of anilines is 1. The van der Waals surface area contributed by atoms with Crippen molar-refractivity contribution in [3.8, 4) is 11.5 Å². The molecule has 4 rings (SSSR count). The summed E-state index contributed by atoms with van der Waals surface area (Å²) in [5.74, 6) is 0.186. The molecule has 9 heteroatoms. The van der Waals surface area contributed by atoms with E-state index in [9.17, 15) is 14.4 Å². The van der Waals surface area contributed by atoms with Crippen LogP contribution in [0.4, 0.5) is 10.5 Å². The molecular formula is C18H15N3O5S. The quantitative estimate of drug-likeness (QED) is 0.784. The number of carbonyl (C=O) groups excluding carboxylic acids is 3. The van der Waals surface area contributed by atoms with E-state index in [0.717, 1.165) is 16.7 Å². The van der Waals surface area contributed by atoms with E-state index in [1.165, 1.54) is 0 Å². The number of H-pyrrole nitrogens is 1. The molecular weight excluding hydrogens is 370 g/mol. The Morgan fingerprint density at radius 1 is 1.22 bits per heavy atom. The largest absolute Gasteiger partial charge is 0.486 e. The number of thioether (sulfide) groups is 1. The van der Waals surface area contributed by atoms with Crippen molar-refractivity contribution in [2.24, 2.45) is 0 Å². The standard InChI is InChI=1S/C18H15N3O5S/c22-16(20-12-3-4-13-14(8-12)26-7-6-25-13)10-21-17(23)15(27-18(21)24)9-11-2-1-5-19-11/h1-5,8-9,19H,6-7,10H2,(H,20,22)/b15-9+. The van der Waals surface area contributed by atoms with Crippen LogP contribution in [0.25, 0.3) is 6.08 Å². The van der Waals surface area contributed by atoms with Gasteiger partial charge in [0.2, 0.25) is 5.91 Å². The minimum Gasteiger partial charge on any atom is -0.486 e. The molecule has 3 amide bonds. The molecule has 2 aliphatic rings. The highest BCUT2D eigenvalue weighted by atomic mass is 32.2. The van der Waals surface area contributed by atoms with Crippen molar-refractivity contribution in [2.45, 2.75) is 0 Å². The van der Waals surface area contributed by atoms with Gasteiger partial charge in [-0.3, -0.25) is 19.3 Å². The Balaban J connectivity index is 1.42. The minimum absolute atomic E-state index is 0.273. The molecule has 0 radical (unpaired) electrons. The SMILES string of the molecule is O=C(CN1C(=O)S/C(=C/c2ccc[nH]2)C1=O)Nc1ccc2c(c1)OCCO2. The summed E-state index contributed by atoms with van der Waals surface area (Å²) in [4.78, 5) is 40.9. The Morgan fingerprint density at radius 2 is 2.04 bits per heavy atom. The van der Waals surface area contributed by atoms with Crippen molar-refractivity contribution in [3.05, 3.63) is 47.1 Å². The summed E-state index contributed by atoms with van der Waals surface area (Å²) in [5.41, 5.74) is 1.21.